The van der Waals surface area contributed by atoms with Crippen LogP contribution >= 0.6 is 11.3 Å². The Labute approximate surface area is 183 Å². The average Bonchev–Trinajstić information content (AvgIpc) is 3.34. The van der Waals surface area contributed by atoms with E-state index >= 15 is 0 Å². The minimum Gasteiger partial charge on any atom is -0.496 e. The van der Waals surface area contributed by atoms with Crippen LogP contribution in [0.3, 0.4) is 0 Å². The van der Waals surface area contributed by atoms with E-state index in [1.165, 1.54) is 17.4 Å². The van der Waals surface area contributed by atoms with E-state index in [0.29, 0.717) is 12.2 Å². The van der Waals surface area contributed by atoms with Gasteiger partial charge in [-0.05, 0) is 31.9 Å². The molecule has 4 aromatic rings. The molecule has 3 aromatic heterocycles. The van der Waals surface area contributed by atoms with E-state index in [-0.39, 0.29) is 23.4 Å². The lowest BCUT2D eigenvalue weighted by Crippen LogP contribution is -2.32. The molecule has 0 aliphatic rings. The fourth-order valence-corrected chi connectivity index (χ4v) is 4.52. The first-order chi connectivity index (χ1) is 15.0. The summed E-state index contributed by atoms with van der Waals surface area (Å²) in [7, 11) is 1.65. The number of imidazole rings is 1. The Balaban J connectivity index is 1.53. The van der Waals surface area contributed by atoms with Gasteiger partial charge in [0.2, 0.25) is 0 Å². The number of nitrogens with zero attached hydrogens (tertiary/aromatic N) is 3. The first kappa shape index (κ1) is 20.9. The number of benzene rings is 1. The van der Waals surface area contributed by atoms with Gasteiger partial charge in [0.1, 0.15) is 11.3 Å². The molecule has 0 spiro atoms. The standard InChI is InChI=1S/C23H24N4O3S/c1-15-12-19(28)21(22(29)24-13-18-14-26-10-11-31-23(26)25-18)16(2)27(15)9-8-17-6-4-5-7-20(17)30-3/h4-7,10-12,14H,8-9,13H2,1-3H3,(H,24,29). The van der Waals surface area contributed by atoms with Crippen LogP contribution in [0, 0.1) is 13.8 Å². The number of carbonyl (C=O) groups excluding carboxylic acids is 1. The van der Waals surface area contributed by atoms with Crippen LogP contribution in [-0.4, -0.2) is 27.0 Å². The Morgan fingerprint density at radius 2 is 2.06 bits per heavy atom. The van der Waals surface area contributed by atoms with Gasteiger partial charge in [0.25, 0.3) is 5.91 Å². The fraction of sp³-hybridized carbons (Fsp3) is 0.261. The predicted molar refractivity (Wildman–Crippen MR) is 121 cm³/mol. The Morgan fingerprint density at radius 1 is 1.26 bits per heavy atom. The van der Waals surface area contributed by atoms with Gasteiger partial charge in [0, 0.05) is 41.8 Å². The van der Waals surface area contributed by atoms with Crippen molar-refractivity contribution in [3.05, 3.63) is 86.5 Å². The van der Waals surface area contributed by atoms with Crippen LogP contribution in [0.2, 0.25) is 0 Å². The molecule has 0 saturated carbocycles. The summed E-state index contributed by atoms with van der Waals surface area (Å²) >= 11 is 1.53. The Hall–Kier alpha value is -3.39. The minimum atomic E-state index is -0.384. The molecule has 0 fully saturated rings. The lowest BCUT2D eigenvalue weighted by Gasteiger charge is -2.18. The zero-order valence-electron chi connectivity index (χ0n) is 17.7. The number of pyridine rings is 1. The van der Waals surface area contributed by atoms with Crippen molar-refractivity contribution in [2.45, 2.75) is 33.4 Å². The lowest BCUT2D eigenvalue weighted by atomic mass is 10.1. The minimum absolute atomic E-state index is 0.173. The van der Waals surface area contributed by atoms with Crippen LogP contribution in [0.15, 0.2) is 52.9 Å². The Morgan fingerprint density at radius 3 is 2.84 bits per heavy atom. The molecule has 0 unspecified atom stereocenters. The van der Waals surface area contributed by atoms with Gasteiger partial charge < -0.3 is 14.6 Å². The van der Waals surface area contributed by atoms with Crippen LogP contribution in [0.5, 0.6) is 5.75 Å². The zero-order chi connectivity index (χ0) is 22.0. The summed E-state index contributed by atoms with van der Waals surface area (Å²) in [5.41, 5.74) is 3.21. The van der Waals surface area contributed by atoms with Crippen LogP contribution in [0.25, 0.3) is 4.96 Å². The first-order valence-corrected chi connectivity index (χ1v) is 10.9. The quantitative estimate of drug-likeness (QED) is 0.482. The predicted octanol–water partition coefficient (Wildman–Crippen LogP) is 3.36. The van der Waals surface area contributed by atoms with Gasteiger partial charge >= 0.3 is 0 Å². The van der Waals surface area contributed by atoms with Crippen molar-refractivity contribution in [1.29, 1.82) is 0 Å². The van der Waals surface area contributed by atoms with Gasteiger partial charge in [-0.1, -0.05) is 18.2 Å². The topological polar surface area (TPSA) is 77.6 Å². The highest BCUT2D eigenvalue weighted by atomic mass is 32.1. The molecule has 8 heteroatoms. The summed E-state index contributed by atoms with van der Waals surface area (Å²) in [6.45, 7) is 4.60. The normalized spacial score (nSPS) is 11.1. The highest BCUT2D eigenvalue weighted by Crippen LogP contribution is 2.19. The van der Waals surface area contributed by atoms with Crippen molar-refractivity contribution >= 4 is 22.2 Å². The number of methoxy groups -OCH3 is 1. The van der Waals surface area contributed by atoms with Crippen molar-refractivity contribution in [1.82, 2.24) is 19.3 Å². The molecule has 0 aliphatic carbocycles. The number of rotatable bonds is 7. The monoisotopic (exact) mass is 436 g/mol. The maximum Gasteiger partial charge on any atom is 0.257 e. The number of hydrogen-bond acceptors (Lipinski definition) is 5. The second kappa shape index (κ2) is 8.77. The summed E-state index contributed by atoms with van der Waals surface area (Å²) in [6.07, 6.45) is 4.52. The molecule has 3 heterocycles. The van der Waals surface area contributed by atoms with Crippen LogP contribution < -0.4 is 15.5 Å². The van der Waals surface area contributed by atoms with Crippen molar-refractivity contribution in [2.75, 3.05) is 7.11 Å². The molecule has 160 valence electrons. The van der Waals surface area contributed by atoms with E-state index in [1.54, 1.807) is 7.11 Å². The number of ether oxygens (including phenoxy) is 1. The maximum absolute atomic E-state index is 12.9. The molecule has 0 atom stereocenters. The van der Waals surface area contributed by atoms with E-state index < -0.39 is 0 Å². The first-order valence-electron chi connectivity index (χ1n) is 10.00. The number of hydrogen-bond donors (Lipinski definition) is 1. The summed E-state index contributed by atoms with van der Waals surface area (Å²) < 4.78 is 9.36. The molecular formula is C23H24N4O3S. The molecule has 0 radical (unpaired) electrons. The van der Waals surface area contributed by atoms with E-state index in [0.717, 1.165) is 34.1 Å². The van der Waals surface area contributed by atoms with Gasteiger partial charge in [-0.15, -0.1) is 11.3 Å². The van der Waals surface area contributed by atoms with E-state index in [1.807, 2.05) is 64.9 Å². The number of thiazole rings is 1. The molecule has 0 saturated heterocycles. The molecule has 1 N–H and O–H groups in total. The Bertz CT molecular complexity index is 1270. The number of amides is 1. The van der Waals surface area contributed by atoms with Crippen molar-refractivity contribution in [3.8, 4) is 5.75 Å². The summed E-state index contributed by atoms with van der Waals surface area (Å²) in [4.78, 5) is 30.8. The van der Waals surface area contributed by atoms with E-state index in [4.69, 9.17) is 4.74 Å². The second-order valence-corrected chi connectivity index (χ2v) is 8.20. The number of nitrogens with one attached hydrogen (secondary N) is 1. The van der Waals surface area contributed by atoms with E-state index in [9.17, 15) is 9.59 Å². The molecule has 1 amide bonds. The highest BCUT2D eigenvalue weighted by molar-refractivity contribution is 7.15. The van der Waals surface area contributed by atoms with Gasteiger partial charge in [-0.25, -0.2) is 4.98 Å². The van der Waals surface area contributed by atoms with Gasteiger partial charge in [0.15, 0.2) is 10.4 Å². The summed E-state index contributed by atoms with van der Waals surface area (Å²) in [6, 6.07) is 9.39. The van der Waals surface area contributed by atoms with Crippen molar-refractivity contribution in [3.63, 3.8) is 0 Å². The Kier molecular flexibility index (Phi) is 5.90. The molecule has 31 heavy (non-hydrogen) atoms. The average molecular weight is 437 g/mol. The van der Waals surface area contributed by atoms with E-state index in [2.05, 4.69) is 10.3 Å². The number of aryl methyl sites for hydroxylation is 2. The SMILES string of the molecule is COc1ccccc1CCn1c(C)cc(=O)c(C(=O)NCc2cn3ccsc3n2)c1C. The molecule has 7 nitrogen and oxygen atoms in total. The smallest absolute Gasteiger partial charge is 0.257 e. The largest absolute Gasteiger partial charge is 0.496 e. The maximum atomic E-state index is 12.9. The van der Waals surface area contributed by atoms with Gasteiger partial charge in [0.05, 0.1) is 19.3 Å². The molecule has 4 rings (SSSR count). The lowest BCUT2D eigenvalue weighted by molar-refractivity contribution is 0.0947. The second-order valence-electron chi connectivity index (χ2n) is 7.33. The third kappa shape index (κ3) is 4.25. The van der Waals surface area contributed by atoms with Crippen LogP contribution in [0.1, 0.15) is 33.0 Å². The van der Waals surface area contributed by atoms with Gasteiger partial charge in [-0.2, -0.15) is 0 Å². The third-order valence-electron chi connectivity index (χ3n) is 5.38. The third-order valence-corrected chi connectivity index (χ3v) is 6.15. The zero-order valence-corrected chi connectivity index (χ0v) is 18.5. The molecule has 0 bridgehead atoms. The number of fused-ring (bicyclic) bond motifs is 1. The molecule has 0 aliphatic heterocycles. The molecular weight excluding hydrogens is 412 g/mol. The highest BCUT2D eigenvalue weighted by Gasteiger charge is 2.18. The molecule has 1 aromatic carbocycles. The number of para-hydroxylation sites is 1. The summed E-state index contributed by atoms with van der Waals surface area (Å²) in [5, 5.41) is 4.80. The summed E-state index contributed by atoms with van der Waals surface area (Å²) in [5.74, 6) is 0.446. The fourth-order valence-electron chi connectivity index (χ4n) is 3.80. The van der Waals surface area contributed by atoms with Crippen LogP contribution in [-0.2, 0) is 19.5 Å². The number of aromatic nitrogens is 3. The number of carbonyl (C=O) groups is 1. The van der Waals surface area contributed by atoms with Gasteiger partial charge in [-0.3, -0.25) is 14.0 Å². The van der Waals surface area contributed by atoms with Crippen molar-refractivity contribution in [2.24, 2.45) is 0 Å². The van der Waals surface area contributed by atoms with Crippen LogP contribution in [0.4, 0.5) is 0 Å². The van der Waals surface area contributed by atoms with Crippen molar-refractivity contribution < 1.29 is 9.53 Å².